The van der Waals surface area contributed by atoms with Crippen molar-refractivity contribution in [2.75, 3.05) is 26.2 Å². The van der Waals surface area contributed by atoms with Crippen LogP contribution in [0, 0.1) is 0 Å². The summed E-state index contributed by atoms with van der Waals surface area (Å²) in [4.78, 5) is 12.6. The fraction of sp³-hybridized carbons (Fsp3) is 0.909. The minimum absolute atomic E-state index is 0.0581. The number of esters is 1. The Morgan fingerprint density at radius 2 is 1.64 bits per heavy atom. The molecule has 14 heavy (non-hydrogen) atoms. The van der Waals surface area contributed by atoms with E-state index in [0.717, 1.165) is 19.6 Å². The molecule has 0 aromatic rings. The smallest absolute Gasteiger partial charge is 0.311 e. The molecule has 0 aliphatic rings. The lowest BCUT2D eigenvalue weighted by molar-refractivity contribution is -0.899. The van der Waals surface area contributed by atoms with Crippen LogP contribution in [0.3, 0.4) is 0 Å². The first kappa shape index (κ1) is 13.4. The van der Waals surface area contributed by atoms with E-state index in [2.05, 4.69) is 13.8 Å². The molecule has 0 aromatic heterocycles. The number of hydrogen-bond donors (Lipinski definition) is 1. The highest BCUT2D eigenvalue weighted by Crippen LogP contribution is 1.82. The van der Waals surface area contributed by atoms with E-state index in [1.54, 1.807) is 0 Å². The van der Waals surface area contributed by atoms with Crippen LogP contribution in [-0.4, -0.2) is 32.2 Å². The Hall–Kier alpha value is -0.570. The Morgan fingerprint density at radius 1 is 1.07 bits per heavy atom. The van der Waals surface area contributed by atoms with Crippen molar-refractivity contribution < 1.29 is 14.4 Å². The zero-order valence-corrected chi connectivity index (χ0v) is 9.77. The summed E-state index contributed by atoms with van der Waals surface area (Å²) in [5.74, 6) is -0.0581. The summed E-state index contributed by atoms with van der Waals surface area (Å²) in [5, 5.41) is 0. The molecular formula is C11H24NO2+. The molecule has 3 heteroatoms. The fourth-order valence-electron chi connectivity index (χ4n) is 1.59. The molecule has 0 amide bonds. The summed E-state index contributed by atoms with van der Waals surface area (Å²) >= 11 is 0. The van der Waals surface area contributed by atoms with E-state index >= 15 is 0 Å². The Morgan fingerprint density at radius 3 is 2.07 bits per heavy atom. The van der Waals surface area contributed by atoms with Crippen molar-refractivity contribution >= 4 is 5.97 Å². The quantitative estimate of drug-likeness (QED) is 0.586. The van der Waals surface area contributed by atoms with Crippen LogP contribution in [0.25, 0.3) is 0 Å². The van der Waals surface area contributed by atoms with Gasteiger partial charge in [0.1, 0.15) is 0 Å². The third kappa shape index (κ3) is 6.89. The molecule has 0 spiro atoms. The van der Waals surface area contributed by atoms with Gasteiger partial charge in [-0.05, 0) is 19.8 Å². The molecule has 0 aliphatic carbocycles. The van der Waals surface area contributed by atoms with Gasteiger partial charge < -0.3 is 9.64 Å². The van der Waals surface area contributed by atoms with E-state index in [1.807, 2.05) is 6.92 Å². The fourth-order valence-corrected chi connectivity index (χ4v) is 1.59. The van der Waals surface area contributed by atoms with Crippen molar-refractivity contribution in [2.45, 2.75) is 40.0 Å². The van der Waals surface area contributed by atoms with Crippen LogP contribution in [-0.2, 0) is 9.53 Å². The van der Waals surface area contributed by atoms with Crippen LogP contribution in [0.4, 0.5) is 0 Å². The maximum absolute atomic E-state index is 11.1. The molecule has 0 saturated carbocycles. The highest BCUT2D eigenvalue weighted by Gasteiger charge is 2.09. The van der Waals surface area contributed by atoms with E-state index in [1.165, 1.54) is 17.7 Å². The van der Waals surface area contributed by atoms with Gasteiger partial charge in [0.2, 0.25) is 0 Å². The lowest BCUT2D eigenvalue weighted by Crippen LogP contribution is -3.12. The van der Waals surface area contributed by atoms with Gasteiger partial charge in [0.15, 0.2) is 0 Å². The summed E-state index contributed by atoms with van der Waals surface area (Å²) in [6, 6.07) is 0. The molecule has 0 aliphatic heterocycles. The van der Waals surface area contributed by atoms with Crippen LogP contribution >= 0.6 is 0 Å². The Kier molecular flexibility index (Phi) is 8.64. The number of ether oxygens (including phenoxy) is 1. The van der Waals surface area contributed by atoms with Crippen LogP contribution < -0.4 is 4.90 Å². The number of carbonyl (C=O) groups excluding carboxylic acids is 1. The maximum atomic E-state index is 11.1. The molecule has 0 atom stereocenters. The molecule has 0 unspecified atom stereocenters. The molecule has 0 heterocycles. The summed E-state index contributed by atoms with van der Waals surface area (Å²) in [6.45, 7) is 9.94. The standard InChI is InChI=1S/C11H23NO2/c1-4-8-12(9-5-2)10-7-11(13)14-6-3/h4-10H2,1-3H3/p+1. The van der Waals surface area contributed by atoms with Crippen molar-refractivity contribution in [1.82, 2.24) is 0 Å². The van der Waals surface area contributed by atoms with Crippen molar-refractivity contribution in [2.24, 2.45) is 0 Å². The molecular weight excluding hydrogens is 178 g/mol. The molecule has 0 bridgehead atoms. The molecule has 84 valence electrons. The van der Waals surface area contributed by atoms with Gasteiger partial charge in [0, 0.05) is 0 Å². The highest BCUT2D eigenvalue weighted by atomic mass is 16.5. The summed E-state index contributed by atoms with van der Waals surface area (Å²) in [6.07, 6.45) is 2.92. The lowest BCUT2D eigenvalue weighted by Gasteiger charge is -2.17. The zero-order valence-electron chi connectivity index (χ0n) is 9.77. The van der Waals surface area contributed by atoms with Gasteiger partial charge in [-0.2, -0.15) is 0 Å². The maximum Gasteiger partial charge on any atom is 0.311 e. The van der Waals surface area contributed by atoms with Crippen molar-refractivity contribution in [3.63, 3.8) is 0 Å². The third-order valence-electron chi connectivity index (χ3n) is 2.20. The van der Waals surface area contributed by atoms with E-state index < -0.39 is 0 Å². The first-order valence-corrected chi connectivity index (χ1v) is 5.73. The van der Waals surface area contributed by atoms with Gasteiger partial charge in [-0.3, -0.25) is 4.79 Å². The molecule has 3 nitrogen and oxygen atoms in total. The predicted octanol–water partition coefficient (Wildman–Crippen LogP) is 0.644. The predicted molar refractivity (Wildman–Crippen MR) is 57.4 cm³/mol. The Labute approximate surface area is 87.4 Å². The minimum atomic E-state index is -0.0581. The monoisotopic (exact) mass is 202 g/mol. The molecule has 0 radical (unpaired) electrons. The number of nitrogens with one attached hydrogen (secondary N) is 1. The first-order chi connectivity index (χ1) is 6.74. The number of rotatable bonds is 8. The van der Waals surface area contributed by atoms with Gasteiger partial charge in [-0.25, -0.2) is 0 Å². The van der Waals surface area contributed by atoms with Gasteiger partial charge in [-0.15, -0.1) is 0 Å². The van der Waals surface area contributed by atoms with E-state index in [-0.39, 0.29) is 5.97 Å². The number of quaternary nitrogens is 1. The molecule has 0 aromatic carbocycles. The third-order valence-corrected chi connectivity index (χ3v) is 2.20. The normalized spacial score (nSPS) is 10.6. The van der Waals surface area contributed by atoms with Crippen molar-refractivity contribution in [3.05, 3.63) is 0 Å². The second-order valence-corrected chi connectivity index (χ2v) is 3.56. The number of hydrogen-bond acceptors (Lipinski definition) is 2. The average Bonchev–Trinajstić information content (AvgIpc) is 2.15. The van der Waals surface area contributed by atoms with Crippen LogP contribution in [0.15, 0.2) is 0 Å². The van der Waals surface area contributed by atoms with Gasteiger partial charge in [-0.1, -0.05) is 13.8 Å². The summed E-state index contributed by atoms with van der Waals surface area (Å²) in [7, 11) is 0. The zero-order chi connectivity index (χ0) is 10.8. The van der Waals surface area contributed by atoms with E-state index in [9.17, 15) is 4.79 Å². The Balaban J connectivity index is 3.63. The number of carbonyl (C=O) groups is 1. The van der Waals surface area contributed by atoms with Crippen LogP contribution in [0.1, 0.15) is 40.0 Å². The highest BCUT2D eigenvalue weighted by molar-refractivity contribution is 5.69. The first-order valence-electron chi connectivity index (χ1n) is 5.73. The molecule has 0 fully saturated rings. The van der Waals surface area contributed by atoms with Gasteiger partial charge in [0.25, 0.3) is 0 Å². The van der Waals surface area contributed by atoms with Crippen molar-refractivity contribution in [3.8, 4) is 0 Å². The second-order valence-electron chi connectivity index (χ2n) is 3.56. The van der Waals surface area contributed by atoms with Crippen LogP contribution in [0.2, 0.25) is 0 Å². The Bertz CT molecular complexity index is 142. The average molecular weight is 202 g/mol. The SMILES string of the molecule is CCC[NH+](CCC)CCC(=O)OCC. The van der Waals surface area contributed by atoms with Crippen LogP contribution in [0.5, 0.6) is 0 Å². The van der Waals surface area contributed by atoms with E-state index in [0.29, 0.717) is 13.0 Å². The molecule has 0 saturated heterocycles. The topological polar surface area (TPSA) is 30.7 Å². The molecule has 1 N–H and O–H groups in total. The summed E-state index contributed by atoms with van der Waals surface area (Å²) < 4.78 is 4.90. The second kappa shape index (κ2) is 9.00. The van der Waals surface area contributed by atoms with Crippen molar-refractivity contribution in [1.29, 1.82) is 0 Å². The van der Waals surface area contributed by atoms with E-state index in [4.69, 9.17) is 4.74 Å². The summed E-state index contributed by atoms with van der Waals surface area (Å²) in [5.41, 5.74) is 0. The minimum Gasteiger partial charge on any atom is -0.466 e. The van der Waals surface area contributed by atoms with Gasteiger partial charge in [0.05, 0.1) is 32.7 Å². The molecule has 0 rings (SSSR count). The lowest BCUT2D eigenvalue weighted by atomic mass is 10.3. The largest absolute Gasteiger partial charge is 0.466 e. The van der Waals surface area contributed by atoms with Gasteiger partial charge >= 0.3 is 5.97 Å².